The topological polar surface area (TPSA) is 21.3 Å². The largest absolute Gasteiger partial charge is 0.385 e. The van der Waals surface area contributed by atoms with E-state index in [9.17, 15) is 0 Å². The second-order valence-electron chi connectivity index (χ2n) is 4.34. The fourth-order valence-electron chi connectivity index (χ4n) is 2.57. The van der Waals surface area contributed by atoms with E-state index in [0.717, 1.165) is 25.1 Å². The zero-order valence-electron chi connectivity index (χ0n) is 9.72. The van der Waals surface area contributed by atoms with Gasteiger partial charge in [-0.25, -0.2) is 0 Å². The zero-order chi connectivity index (χ0) is 10.2. The average Bonchev–Trinajstić information content (AvgIpc) is 2.70. The third-order valence-corrected chi connectivity index (χ3v) is 3.30. The van der Waals surface area contributed by atoms with Gasteiger partial charge in [-0.15, -0.1) is 0 Å². The van der Waals surface area contributed by atoms with Gasteiger partial charge in [0.1, 0.15) is 0 Å². The summed E-state index contributed by atoms with van der Waals surface area (Å²) in [6.07, 6.45) is 8.24. The highest BCUT2D eigenvalue weighted by Crippen LogP contribution is 2.29. The molecule has 0 amide bonds. The molecule has 14 heavy (non-hydrogen) atoms. The molecule has 84 valence electrons. The minimum Gasteiger partial charge on any atom is -0.385 e. The van der Waals surface area contributed by atoms with Crippen LogP contribution < -0.4 is 5.32 Å². The van der Waals surface area contributed by atoms with E-state index in [1.54, 1.807) is 7.11 Å². The number of rotatable bonds is 7. The van der Waals surface area contributed by atoms with Gasteiger partial charge in [-0.3, -0.25) is 0 Å². The Bertz CT molecular complexity index is 132. The van der Waals surface area contributed by atoms with Crippen molar-refractivity contribution in [2.24, 2.45) is 5.92 Å². The molecule has 0 aliphatic heterocycles. The van der Waals surface area contributed by atoms with Crippen LogP contribution in [-0.2, 0) is 4.74 Å². The molecule has 1 saturated carbocycles. The van der Waals surface area contributed by atoms with E-state index in [2.05, 4.69) is 12.2 Å². The van der Waals surface area contributed by atoms with E-state index in [0.29, 0.717) is 0 Å². The molecule has 1 atom stereocenters. The van der Waals surface area contributed by atoms with Crippen LogP contribution in [0.4, 0.5) is 0 Å². The summed E-state index contributed by atoms with van der Waals surface area (Å²) in [4.78, 5) is 0. The van der Waals surface area contributed by atoms with Gasteiger partial charge < -0.3 is 10.1 Å². The predicted octanol–water partition coefficient (Wildman–Crippen LogP) is 2.58. The van der Waals surface area contributed by atoms with Crippen LogP contribution >= 0.6 is 0 Å². The second kappa shape index (κ2) is 7.24. The first-order valence-electron chi connectivity index (χ1n) is 6.10. The van der Waals surface area contributed by atoms with E-state index in [-0.39, 0.29) is 0 Å². The summed E-state index contributed by atoms with van der Waals surface area (Å²) >= 11 is 0. The van der Waals surface area contributed by atoms with Crippen LogP contribution in [0.25, 0.3) is 0 Å². The zero-order valence-corrected chi connectivity index (χ0v) is 9.72. The summed E-state index contributed by atoms with van der Waals surface area (Å²) < 4.78 is 5.11. The van der Waals surface area contributed by atoms with Crippen LogP contribution in [0, 0.1) is 5.92 Å². The van der Waals surface area contributed by atoms with Crippen molar-refractivity contribution in [1.82, 2.24) is 5.32 Å². The SMILES string of the molecule is CCNC(CCCOC)C1CCCC1. The number of hydrogen-bond donors (Lipinski definition) is 1. The van der Waals surface area contributed by atoms with Gasteiger partial charge in [-0.1, -0.05) is 19.8 Å². The molecule has 0 saturated heterocycles. The lowest BCUT2D eigenvalue weighted by atomic mass is 9.94. The highest BCUT2D eigenvalue weighted by atomic mass is 16.5. The molecule has 1 fully saturated rings. The van der Waals surface area contributed by atoms with Crippen molar-refractivity contribution in [2.75, 3.05) is 20.3 Å². The lowest BCUT2D eigenvalue weighted by Gasteiger charge is -2.24. The number of hydrogen-bond acceptors (Lipinski definition) is 2. The summed E-state index contributed by atoms with van der Waals surface area (Å²) in [5, 5.41) is 3.63. The normalized spacial score (nSPS) is 20.1. The molecule has 0 radical (unpaired) electrons. The Hall–Kier alpha value is -0.0800. The Morgan fingerprint density at radius 2 is 2.07 bits per heavy atom. The molecule has 0 spiro atoms. The van der Waals surface area contributed by atoms with Crippen molar-refractivity contribution in [3.8, 4) is 0 Å². The van der Waals surface area contributed by atoms with Crippen LogP contribution in [0.2, 0.25) is 0 Å². The lowest BCUT2D eigenvalue weighted by molar-refractivity contribution is 0.183. The molecule has 0 aromatic carbocycles. The maximum absolute atomic E-state index is 5.11. The van der Waals surface area contributed by atoms with Gasteiger partial charge in [-0.05, 0) is 38.1 Å². The van der Waals surface area contributed by atoms with Crippen LogP contribution in [0.1, 0.15) is 45.4 Å². The molecule has 0 aromatic heterocycles. The monoisotopic (exact) mass is 199 g/mol. The first-order valence-corrected chi connectivity index (χ1v) is 6.10. The van der Waals surface area contributed by atoms with E-state index in [1.807, 2.05) is 0 Å². The minimum atomic E-state index is 0.748. The Balaban J connectivity index is 2.22. The predicted molar refractivity (Wildman–Crippen MR) is 60.5 cm³/mol. The highest BCUT2D eigenvalue weighted by molar-refractivity contribution is 4.80. The second-order valence-corrected chi connectivity index (χ2v) is 4.34. The third kappa shape index (κ3) is 3.97. The molecule has 0 aromatic rings. The van der Waals surface area contributed by atoms with Gasteiger partial charge in [-0.2, -0.15) is 0 Å². The van der Waals surface area contributed by atoms with Crippen LogP contribution in [0.5, 0.6) is 0 Å². The third-order valence-electron chi connectivity index (χ3n) is 3.30. The fourth-order valence-corrected chi connectivity index (χ4v) is 2.57. The van der Waals surface area contributed by atoms with Gasteiger partial charge in [0.15, 0.2) is 0 Å². The Kier molecular flexibility index (Phi) is 6.20. The quantitative estimate of drug-likeness (QED) is 0.636. The molecule has 0 bridgehead atoms. The maximum Gasteiger partial charge on any atom is 0.0462 e. The first-order chi connectivity index (χ1) is 6.88. The van der Waals surface area contributed by atoms with Gasteiger partial charge in [0.25, 0.3) is 0 Å². The Morgan fingerprint density at radius 1 is 1.36 bits per heavy atom. The molecule has 1 N–H and O–H groups in total. The molecular formula is C12H25NO. The van der Waals surface area contributed by atoms with Crippen LogP contribution in [-0.4, -0.2) is 26.3 Å². The average molecular weight is 199 g/mol. The molecule has 1 unspecified atom stereocenters. The van der Waals surface area contributed by atoms with Crippen molar-refractivity contribution >= 4 is 0 Å². The summed E-state index contributed by atoms with van der Waals surface area (Å²) in [7, 11) is 1.79. The highest BCUT2D eigenvalue weighted by Gasteiger charge is 2.23. The summed E-state index contributed by atoms with van der Waals surface area (Å²) in [5.74, 6) is 0.937. The van der Waals surface area contributed by atoms with E-state index in [1.165, 1.54) is 38.5 Å². The van der Waals surface area contributed by atoms with Crippen LogP contribution in [0.15, 0.2) is 0 Å². The smallest absolute Gasteiger partial charge is 0.0462 e. The first kappa shape index (κ1) is 12.0. The lowest BCUT2D eigenvalue weighted by Crippen LogP contribution is -2.35. The molecular weight excluding hydrogens is 174 g/mol. The van der Waals surface area contributed by atoms with Gasteiger partial charge in [0.2, 0.25) is 0 Å². The van der Waals surface area contributed by atoms with E-state index in [4.69, 9.17) is 4.74 Å². The fraction of sp³-hybridized carbons (Fsp3) is 1.00. The molecule has 1 aliphatic carbocycles. The van der Waals surface area contributed by atoms with Crippen LogP contribution in [0.3, 0.4) is 0 Å². The van der Waals surface area contributed by atoms with Gasteiger partial charge in [0.05, 0.1) is 0 Å². The molecule has 2 nitrogen and oxygen atoms in total. The maximum atomic E-state index is 5.11. The van der Waals surface area contributed by atoms with Crippen molar-refractivity contribution < 1.29 is 4.74 Å². The Morgan fingerprint density at radius 3 is 2.64 bits per heavy atom. The number of ether oxygens (including phenoxy) is 1. The molecule has 1 rings (SSSR count). The molecule has 0 heterocycles. The number of methoxy groups -OCH3 is 1. The van der Waals surface area contributed by atoms with E-state index < -0.39 is 0 Å². The summed E-state index contributed by atoms with van der Waals surface area (Å²) in [6.45, 7) is 4.22. The van der Waals surface area contributed by atoms with Crippen molar-refractivity contribution in [1.29, 1.82) is 0 Å². The standard InChI is InChI=1S/C12H25NO/c1-3-13-12(9-6-10-14-2)11-7-4-5-8-11/h11-13H,3-10H2,1-2H3. The molecule has 1 aliphatic rings. The summed E-state index contributed by atoms with van der Waals surface area (Å²) in [6, 6.07) is 0.748. The van der Waals surface area contributed by atoms with Gasteiger partial charge in [0, 0.05) is 19.8 Å². The van der Waals surface area contributed by atoms with Crippen molar-refractivity contribution in [2.45, 2.75) is 51.5 Å². The van der Waals surface area contributed by atoms with Crippen molar-refractivity contribution in [3.05, 3.63) is 0 Å². The molecule has 2 heteroatoms. The Labute approximate surface area is 88.4 Å². The minimum absolute atomic E-state index is 0.748. The van der Waals surface area contributed by atoms with Gasteiger partial charge >= 0.3 is 0 Å². The summed E-state index contributed by atoms with van der Waals surface area (Å²) in [5.41, 5.74) is 0. The van der Waals surface area contributed by atoms with E-state index >= 15 is 0 Å². The van der Waals surface area contributed by atoms with Crippen molar-refractivity contribution in [3.63, 3.8) is 0 Å². The number of nitrogens with one attached hydrogen (secondary N) is 1.